The van der Waals surface area contributed by atoms with Crippen molar-refractivity contribution in [1.29, 1.82) is 0 Å². The van der Waals surface area contributed by atoms with Crippen LogP contribution in [-0.4, -0.2) is 31.6 Å². The highest BCUT2D eigenvalue weighted by Gasteiger charge is 2.34. The second-order valence-corrected chi connectivity index (χ2v) is 8.43. The molecule has 5 heteroatoms. The lowest BCUT2D eigenvalue weighted by atomic mass is 9.80. The molecule has 0 aromatic heterocycles. The van der Waals surface area contributed by atoms with Crippen LogP contribution in [0, 0.1) is 0 Å². The SMILES string of the molecule is COC(=O)[C@@H](NC(=O)CN1c2ccccc2C=C2c3ccccc3CC[C@H]21)c1ccccc1. The lowest BCUT2D eigenvalue weighted by Crippen LogP contribution is -2.48. The van der Waals surface area contributed by atoms with Gasteiger partial charge in [-0.3, -0.25) is 4.79 Å². The number of amides is 1. The molecule has 2 atom stereocenters. The van der Waals surface area contributed by atoms with E-state index in [1.165, 1.54) is 23.8 Å². The molecule has 1 N–H and O–H groups in total. The molecular formula is C28H26N2O3. The Bertz CT molecular complexity index is 1220. The van der Waals surface area contributed by atoms with Gasteiger partial charge in [0.25, 0.3) is 0 Å². The Labute approximate surface area is 193 Å². The largest absolute Gasteiger partial charge is 0.467 e. The highest BCUT2D eigenvalue weighted by atomic mass is 16.5. The molecule has 3 aromatic rings. The van der Waals surface area contributed by atoms with Crippen LogP contribution in [0.1, 0.15) is 34.7 Å². The molecule has 1 aliphatic carbocycles. The number of nitrogens with one attached hydrogen (secondary N) is 1. The van der Waals surface area contributed by atoms with Crippen molar-refractivity contribution >= 4 is 29.2 Å². The zero-order valence-corrected chi connectivity index (χ0v) is 18.5. The minimum atomic E-state index is -0.842. The van der Waals surface area contributed by atoms with Gasteiger partial charge in [0.15, 0.2) is 6.04 Å². The van der Waals surface area contributed by atoms with E-state index >= 15 is 0 Å². The number of para-hydroxylation sites is 1. The van der Waals surface area contributed by atoms with E-state index in [9.17, 15) is 9.59 Å². The fourth-order valence-corrected chi connectivity index (χ4v) is 4.95. The van der Waals surface area contributed by atoms with Crippen molar-refractivity contribution in [2.45, 2.75) is 24.9 Å². The van der Waals surface area contributed by atoms with Gasteiger partial charge in [-0.25, -0.2) is 4.79 Å². The molecule has 0 fully saturated rings. The number of esters is 1. The summed E-state index contributed by atoms with van der Waals surface area (Å²) in [5.74, 6) is -0.704. The third kappa shape index (κ3) is 4.02. The molecule has 0 spiro atoms. The zero-order chi connectivity index (χ0) is 22.8. The summed E-state index contributed by atoms with van der Waals surface area (Å²) >= 11 is 0. The number of fused-ring (bicyclic) bond motifs is 4. The first-order valence-electron chi connectivity index (χ1n) is 11.2. The second-order valence-electron chi connectivity index (χ2n) is 8.43. The van der Waals surface area contributed by atoms with Gasteiger partial charge in [-0.05, 0) is 52.8 Å². The first kappa shape index (κ1) is 21.0. The summed E-state index contributed by atoms with van der Waals surface area (Å²) < 4.78 is 4.96. The Morgan fingerprint density at radius 1 is 1.00 bits per heavy atom. The number of carbonyl (C=O) groups is 2. The van der Waals surface area contributed by atoms with E-state index in [-0.39, 0.29) is 18.5 Å². The third-order valence-corrected chi connectivity index (χ3v) is 6.50. The van der Waals surface area contributed by atoms with E-state index in [0.717, 1.165) is 24.1 Å². The van der Waals surface area contributed by atoms with Crippen LogP contribution >= 0.6 is 0 Å². The topological polar surface area (TPSA) is 58.6 Å². The van der Waals surface area contributed by atoms with E-state index in [2.05, 4.69) is 52.7 Å². The van der Waals surface area contributed by atoms with Crippen LogP contribution in [0.5, 0.6) is 0 Å². The quantitative estimate of drug-likeness (QED) is 0.600. The Hall–Kier alpha value is -3.86. The number of benzene rings is 3. The van der Waals surface area contributed by atoms with Crippen LogP contribution in [0.2, 0.25) is 0 Å². The number of nitrogens with zero attached hydrogens (tertiary/aromatic N) is 1. The predicted octanol–water partition coefficient (Wildman–Crippen LogP) is 4.39. The molecule has 5 nitrogen and oxygen atoms in total. The van der Waals surface area contributed by atoms with Crippen LogP contribution in [0.4, 0.5) is 5.69 Å². The fraction of sp³-hybridized carbons (Fsp3) is 0.214. The van der Waals surface area contributed by atoms with Crippen molar-refractivity contribution in [1.82, 2.24) is 5.32 Å². The summed E-state index contributed by atoms with van der Waals surface area (Å²) in [5.41, 5.74) is 6.68. The van der Waals surface area contributed by atoms with Crippen LogP contribution < -0.4 is 10.2 Å². The molecule has 5 rings (SSSR count). The predicted molar refractivity (Wildman–Crippen MR) is 130 cm³/mol. The molecule has 0 bridgehead atoms. The molecule has 0 saturated heterocycles. The lowest BCUT2D eigenvalue weighted by molar-refractivity contribution is -0.145. The summed E-state index contributed by atoms with van der Waals surface area (Å²) in [5, 5.41) is 2.90. The van der Waals surface area contributed by atoms with Gasteiger partial charge in [0, 0.05) is 5.69 Å². The summed E-state index contributed by atoms with van der Waals surface area (Å²) in [6.45, 7) is 0.154. The van der Waals surface area contributed by atoms with Crippen LogP contribution in [-0.2, 0) is 20.7 Å². The van der Waals surface area contributed by atoms with Crippen molar-refractivity contribution in [3.63, 3.8) is 0 Å². The Balaban J connectivity index is 1.45. The molecule has 0 saturated carbocycles. The number of methoxy groups -OCH3 is 1. The van der Waals surface area contributed by atoms with Crippen LogP contribution in [0.15, 0.2) is 78.9 Å². The second kappa shape index (κ2) is 8.94. The first-order chi connectivity index (χ1) is 16.2. The summed E-state index contributed by atoms with van der Waals surface area (Å²) in [6, 6.07) is 25.1. The van der Waals surface area contributed by atoms with Gasteiger partial charge >= 0.3 is 5.97 Å². The molecule has 0 radical (unpaired) electrons. The zero-order valence-electron chi connectivity index (χ0n) is 18.5. The van der Waals surface area contributed by atoms with E-state index < -0.39 is 12.0 Å². The first-order valence-corrected chi connectivity index (χ1v) is 11.2. The average molecular weight is 439 g/mol. The van der Waals surface area contributed by atoms with Crippen molar-refractivity contribution < 1.29 is 14.3 Å². The van der Waals surface area contributed by atoms with Gasteiger partial charge in [0.05, 0.1) is 19.7 Å². The molecular weight excluding hydrogens is 412 g/mol. The monoisotopic (exact) mass is 438 g/mol. The van der Waals surface area contributed by atoms with Gasteiger partial charge in [-0.1, -0.05) is 72.8 Å². The summed E-state index contributed by atoms with van der Waals surface area (Å²) in [6.07, 6.45) is 4.16. The number of carbonyl (C=O) groups excluding carboxylic acids is 2. The number of hydrogen-bond acceptors (Lipinski definition) is 4. The maximum atomic E-state index is 13.3. The number of hydrogen-bond donors (Lipinski definition) is 1. The highest BCUT2D eigenvalue weighted by molar-refractivity contribution is 5.97. The van der Waals surface area contributed by atoms with Gasteiger partial charge in [0.1, 0.15) is 0 Å². The summed E-state index contributed by atoms with van der Waals surface area (Å²) in [4.78, 5) is 27.9. The van der Waals surface area contributed by atoms with Crippen molar-refractivity contribution in [3.8, 4) is 0 Å². The molecule has 166 valence electrons. The standard InChI is InChI=1S/C28H26N2O3/c1-33-28(32)27(20-10-3-2-4-11-20)29-26(31)18-30-24-14-8-6-12-21(24)17-23-22-13-7-5-9-19(22)15-16-25(23)30/h2-14,17,25,27H,15-16,18H2,1H3,(H,29,31)/t25-,27+/m1/s1. The number of ether oxygens (including phenoxy) is 1. The molecule has 1 aliphatic heterocycles. The number of rotatable bonds is 5. The molecule has 1 heterocycles. The van der Waals surface area contributed by atoms with Gasteiger partial charge in [-0.2, -0.15) is 0 Å². The summed E-state index contributed by atoms with van der Waals surface area (Å²) in [7, 11) is 1.34. The Kier molecular flexibility index (Phi) is 5.69. The minimum Gasteiger partial charge on any atom is -0.467 e. The smallest absolute Gasteiger partial charge is 0.333 e. The average Bonchev–Trinajstić information content (AvgIpc) is 2.87. The molecule has 1 amide bonds. The van der Waals surface area contributed by atoms with E-state index in [4.69, 9.17) is 4.74 Å². The minimum absolute atomic E-state index is 0.105. The van der Waals surface area contributed by atoms with Crippen molar-refractivity contribution in [2.75, 3.05) is 18.6 Å². The van der Waals surface area contributed by atoms with Gasteiger partial charge < -0.3 is 15.0 Å². The molecule has 2 aliphatic rings. The normalized spacial score (nSPS) is 17.1. The van der Waals surface area contributed by atoms with Crippen molar-refractivity contribution in [3.05, 3.63) is 101 Å². The Morgan fingerprint density at radius 2 is 1.73 bits per heavy atom. The van der Waals surface area contributed by atoms with Crippen LogP contribution in [0.25, 0.3) is 11.6 Å². The molecule has 0 unspecified atom stereocenters. The third-order valence-electron chi connectivity index (χ3n) is 6.50. The highest BCUT2D eigenvalue weighted by Crippen LogP contribution is 2.42. The maximum Gasteiger partial charge on any atom is 0.333 e. The van der Waals surface area contributed by atoms with E-state index in [1.54, 1.807) is 0 Å². The lowest BCUT2D eigenvalue weighted by Gasteiger charge is -2.42. The van der Waals surface area contributed by atoms with Gasteiger partial charge in [-0.15, -0.1) is 0 Å². The molecule has 3 aromatic carbocycles. The van der Waals surface area contributed by atoms with Crippen LogP contribution in [0.3, 0.4) is 0 Å². The van der Waals surface area contributed by atoms with Crippen molar-refractivity contribution in [2.24, 2.45) is 0 Å². The van der Waals surface area contributed by atoms with E-state index in [1.807, 2.05) is 42.5 Å². The number of anilines is 1. The van der Waals surface area contributed by atoms with E-state index in [0.29, 0.717) is 5.56 Å². The fourth-order valence-electron chi connectivity index (χ4n) is 4.95. The van der Waals surface area contributed by atoms with Gasteiger partial charge in [0.2, 0.25) is 5.91 Å². The Morgan fingerprint density at radius 3 is 2.55 bits per heavy atom. The maximum absolute atomic E-state index is 13.3. The number of aryl methyl sites for hydroxylation is 1. The molecule has 33 heavy (non-hydrogen) atoms.